The summed E-state index contributed by atoms with van der Waals surface area (Å²) in [4.78, 5) is 18.4. The van der Waals surface area contributed by atoms with Crippen LogP contribution in [0.25, 0.3) is 11.1 Å². The second kappa shape index (κ2) is 12.1. The van der Waals surface area contributed by atoms with Crippen LogP contribution in [-0.2, 0) is 0 Å². The Bertz CT molecular complexity index is 1140. The number of carbonyl (C=O) groups excluding carboxylic acids is 1. The van der Waals surface area contributed by atoms with Crippen LogP contribution in [0.1, 0.15) is 10.5 Å². The molecule has 2 heterocycles. The van der Waals surface area contributed by atoms with Gasteiger partial charge in [-0.25, -0.2) is 4.98 Å². The van der Waals surface area contributed by atoms with Crippen molar-refractivity contribution < 1.29 is 35.4 Å². The molecule has 0 unspecified atom stereocenters. The number of hydrogen-bond donors (Lipinski definition) is 9. The van der Waals surface area contributed by atoms with Gasteiger partial charge in [-0.1, -0.05) is 41.4 Å². The molecule has 0 bridgehead atoms. The zero-order chi connectivity index (χ0) is 27.1. The Labute approximate surface area is 218 Å². The second-order valence-corrected chi connectivity index (χ2v) is 8.26. The molecule has 11 nitrogen and oxygen atoms in total. The van der Waals surface area contributed by atoms with Crippen molar-refractivity contribution in [2.24, 2.45) is 0 Å². The van der Waals surface area contributed by atoms with E-state index in [4.69, 9.17) is 44.0 Å². The average Bonchev–Trinajstić information content (AvgIpc) is 3.28. The maximum Gasteiger partial charge on any atom is 0.267 e. The van der Waals surface area contributed by atoms with Crippen LogP contribution in [0.5, 0.6) is 0 Å². The number of nitrogens with one attached hydrogen (secondary N) is 3. The van der Waals surface area contributed by atoms with Gasteiger partial charge in [-0.15, -0.1) is 0 Å². The number of rotatable bonds is 8. The van der Waals surface area contributed by atoms with E-state index in [9.17, 15) is 30.3 Å². The fraction of sp³-hybridized carbons (Fsp3) is 0.238. The number of benzene rings is 1. The van der Waals surface area contributed by atoms with Gasteiger partial charge in [0.05, 0.1) is 11.6 Å². The van der Waals surface area contributed by atoms with E-state index in [-0.39, 0.29) is 35.2 Å². The van der Waals surface area contributed by atoms with Crippen LogP contribution in [0, 0.1) is 0 Å². The number of hydrogen-bond acceptors (Lipinski definition) is 9. The Balaban J connectivity index is 0.000000558. The fourth-order valence-corrected chi connectivity index (χ4v) is 3.09. The Kier molecular flexibility index (Phi) is 9.94. The number of aliphatic hydroxyl groups excluding tert-OH is 1. The molecule has 0 aliphatic heterocycles. The number of aliphatic hydroxyl groups is 6. The molecule has 0 spiro atoms. The molecule has 36 heavy (non-hydrogen) atoms. The monoisotopic (exact) mass is 534 g/mol. The quantitative estimate of drug-likeness (QED) is 0.135. The van der Waals surface area contributed by atoms with Crippen LogP contribution < -0.4 is 10.6 Å². The minimum absolute atomic E-state index is 0.0577. The average molecular weight is 535 g/mol. The number of H-pyrrole nitrogens is 1. The zero-order valence-corrected chi connectivity index (χ0v) is 20.1. The summed E-state index contributed by atoms with van der Waals surface area (Å²) in [7, 11) is 9.96. The summed E-state index contributed by atoms with van der Waals surface area (Å²) in [5.74, 6) is -0.805. The van der Waals surface area contributed by atoms with Crippen molar-refractivity contribution in [1.29, 1.82) is 0 Å². The van der Waals surface area contributed by atoms with Crippen LogP contribution in [0.4, 0.5) is 5.82 Å². The van der Waals surface area contributed by atoms with Crippen LogP contribution >= 0.6 is 23.2 Å². The van der Waals surface area contributed by atoms with Crippen LogP contribution in [-0.4, -0.2) is 92.5 Å². The van der Waals surface area contributed by atoms with Gasteiger partial charge in [0.1, 0.15) is 11.5 Å². The number of amides is 1. The van der Waals surface area contributed by atoms with Crippen LogP contribution in [0.15, 0.2) is 54.9 Å². The first-order valence-corrected chi connectivity index (χ1v) is 10.9. The Morgan fingerprint density at radius 3 is 2.14 bits per heavy atom. The van der Waals surface area contributed by atoms with Crippen LogP contribution in [0.2, 0.25) is 10.0 Å². The Hall–Kier alpha value is -2.61. The van der Waals surface area contributed by atoms with Crippen molar-refractivity contribution in [3.63, 3.8) is 0 Å². The van der Waals surface area contributed by atoms with Crippen molar-refractivity contribution in [1.82, 2.24) is 15.3 Å². The number of anilines is 1. The van der Waals surface area contributed by atoms with Crippen molar-refractivity contribution in [3.05, 3.63) is 70.6 Å². The second-order valence-electron chi connectivity index (χ2n) is 7.41. The van der Waals surface area contributed by atoms with Crippen LogP contribution in [0.3, 0.4) is 0 Å². The van der Waals surface area contributed by atoms with Gasteiger partial charge in [-0.2, -0.15) is 0 Å². The first-order valence-electron chi connectivity index (χ1n) is 10.1. The molecule has 0 aliphatic rings. The fourth-order valence-electron chi connectivity index (χ4n) is 2.73. The number of carbonyl (C=O) groups is 1. The van der Waals surface area contributed by atoms with E-state index in [1.807, 2.05) is 35.6 Å². The predicted molar refractivity (Wildman–Crippen MR) is 134 cm³/mol. The molecule has 2 aromatic heterocycles. The maximum absolute atomic E-state index is 11.9. The van der Waals surface area contributed by atoms with Crippen molar-refractivity contribution in [2.45, 2.75) is 17.1 Å². The van der Waals surface area contributed by atoms with Crippen molar-refractivity contribution in [2.75, 3.05) is 18.5 Å². The zero-order valence-electron chi connectivity index (χ0n) is 18.6. The molecule has 9 N–H and O–H groups in total. The summed E-state index contributed by atoms with van der Waals surface area (Å²) in [5.41, 5.74) is -9.84. The molecular weight excluding hydrogens is 513 g/mol. The first kappa shape index (κ1) is 29.6. The topological polar surface area (TPSA) is 191 Å². The molecule has 0 saturated carbocycles. The van der Waals surface area contributed by atoms with Gasteiger partial charge in [0.15, 0.2) is 27.1 Å². The minimum Gasteiger partial charge on any atom is -0.395 e. The van der Waals surface area contributed by atoms with Gasteiger partial charge < -0.3 is 46.3 Å². The third kappa shape index (κ3) is 7.45. The van der Waals surface area contributed by atoms with Gasteiger partial charge in [-0.05, 0) is 24.3 Å². The van der Waals surface area contributed by atoms with E-state index in [0.717, 1.165) is 11.2 Å². The molecular formula is C21H22B2Cl2N4O7. The lowest BCUT2D eigenvalue weighted by Crippen LogP contribution is -2.73. The smallest absolute Gasteiger partial charge is 0.267 e. The van der Waals surface area contributed by atoms with Gasteiger partial charge >= 0.3 is 0 Å². The highest BCUT2D eigenvalue weighted by atomic mass is 35.5. The van der Waals surface area contributed by atoms with Gasteiger partial charge in [-0.3, -0.25) is 4.79 Å². The van der Waals surface area contributed by atoms with E-state index in [1.54, 1.807) is 0 Å². The lowest BCUT2D eigenvalue weighted by Gasteiger charge is -2.45. The lowest BCUT2D eigenvalue weighted by molar-refractivity contribution is -0.303. The molecule has 0 fully saturated rings. The number of aromatic amines is 1. The van der Waals surface area contributed by atoms with E-state index in [2.05, 4.69) is 15.3 Å². The van der Waals surface area contributed by atoms with Gasteiger partial charge in [0.2, 0.25) is 5.72 Å². The summed E-state index contributed by atoms with van der Waals surface area (Å²) in [6.45, 7) is -0.174. The molecule has 3 rings (SSSR count). The number of halogens is 2. The molecule has 0 atom stereocenters. The SMILES string of the molecule is Clc1ccccc1.[B]C(O)(O)C(O)(Nc1cc(-c2c[nH]c(C(=O)NCCO)c2)c(Cl)cn1)C([B])(O)O. The highest BCUT2D eigenvalue weighted by Crippen LogP contribution is 2.33. The molecule has 188 valence electrons. The number of pyridine rings is 1. The standard InChI is InChI=1S/C15H17B2ClN4O7.C6H5Cl/c16-14(26,27)13(25,15(17,28)29)22-11-4-8(9(18)6-21-11)7-3-10(20-5-7)12(24)19-1-2-23;7-6-4-2-1-3-5-6/h3-6,20,23,25-29H,1-2H2,(H,19,24)(H,21,22);1-5H. The molecule has 15 heteroatoms. The van der Waals surface area contributed by atoms with Crippen molar-refractivity contribution >= 4 is 50.6 Å². The van der Waals surface area contributed by atoms with E-state index in [0.29, 0.717) is 5.56 Å². The van der Waals surface area contributed by atoms with E-state index >= 15 is 0 Å². The predicted octanol–water partition coefficient (Wildman–Crippen LogP) is -0.494. The summed E-state index contributed by atoms with van der Waals surface area (Å²) < 4.78 is 0. The largest absolute Gasteiger partial charge is 0.395 e. The summed E-state index contributed by atoms with van der Waals surface area (Å²) >= 11 is 11.6. The van der Waals surface area contributed by atoms with Gasteiger partial charge in [0.25, 0.3) is 5.91 Å². The van der Waals surface area contributed by atoms with E-state index in [1.165, 1.54) is 18.3 Å². The molecule has 0 aliphatic carbocycles. The number of nitrogens with zero attached hydrogens (tertiary/aromatic N) is 1. The molecule has 1 aromatic carbocycles. The summed E-state index contributed by atoms with van der Waals surface area (Å²) in [6, 6.07) is 12.1. The third-order valence-electron chi connectivity index (χ3n) is 4.60. The first-order chi connectivity index (χ1) is 16.7. The highest BCUT2D eigenvalue weighted by molar-refractivity contribution is 6.33. The Morgan fingerprint density at radius 1 is 1.03 bits per heavy atom. The normalized spacial score (nSPS) is 11.9. The maximum atomic E-state index is 11.9. The third-order valence-corrected chi connectivity index (χ3v) is 5.15. The highest BCUT2D eigenvalue weighted by Gasteiger charge is 2.56. The summed E-state index contributed by atoms with van der Waals surface area (Å²) in [6.07, 6.45) is 2.54. The molecule has 4 radical (unpaired) electrons. The molecule has 1 amide bonds. The molecule has 3 aromatic rings. The van der Waals surface area contributed by atoms with Gasteiger partial charge in [0, 0.05) is 35.1 Å². The number of aromatic nitrogens is 2. The summed E-state index contributed by atoms with van der Waals surface area (Å²) in [5, 5.41) is 62.3. The lowest BCUT2D eigenvalue weighted by atomic mass is 9.71. The van der Waals surface area contributed by atoms with Crippen molar-refractivity contribution in [3.8, 4) is 11.1 Å². The minimum atomic E-state index is -3.60. The Morgan fingerprint density at radius 2 is 1.64 bits per heavy atom. The van der Waals surface area contributed by atoms with E-state index < -0.39 is 23.0 Å². The molecule has 0 saturated heterocycles.